The predicted molar refractivity (Wildman–Crippen MR) is 66.7 cm³/mol. The van der Waals surface area contributed by atoms with Crippen LogP contribution in [0.25, 0.3) is 0 Å². The Morgan fingerprint density at radius 1 is 1.53 bits per heavy atom. The summed E-state index contributed by atoms with van der Waals surface area (Å²) in [5.74, 6) is -0.471. The van der Waals surface area contributed by atoms with Gasteiger partial charge in [0.05, 0.1) is 5.69 Å². The number of likely N-dealkylation sites (N-methyl/N-ethyl adjacent to an activating group) is 1. The van der Waals surface area contributed by atoms with E-state index in [4.69, 9.17) is 0 Å². The van der Waals surface area contributed by atoms with Crippen molar-refractivity contribution >= 4 is 5.97 Å². The molecule has 0 aromatic carbocycles. The van der Waals surface area contributed by atoms with Crippen LogP contribution < -0.4 is 0 Å². The van der Waals surface area contributed by atoms with Crippen molar-refractivity contribution in [1.29, 1.82) is 0 Å². The number of nitrogens with zero attached hydrogens (tertiary/aromatic N) is 2. The van der Waals surface area contributed by atoms with Crippen LogP contribution in [-0.4, -0.2) is 34.6 Å². The fourth-order valence-corrected chi connectivity index (χ4v) is 1.85. The maximum atomic E-state index is 11.6. The van der Waals surface area contributed by atoms with E-state index in [0.717, 1.165) is 0 Å². The van der Waals surface area contributed by atoms with Gasteiger partial charge in [-0.1, -0.05) is 19.9 Å². The normalized spacial score (nSPS) is 14.9. The van der Waals surface area contributed by atoms with Gasteiger partial charge >= 0.3 is 5.97 Å². The molecule has 0 saturated heterocycles. The molecule has 4 nitrogen and oxygen atoms in total. The van der Waals surface area contributed by atoms with Gasteiger partial charge in [-0.2, -0.15) is 0 Å². The van der Waals surface area contributed by atoms with Gasteiger partial charge in [-0.3, -0.25) is 9.88 Å². The van der Waals surface area contributed by atoms with E-state index in [0.29, 0.717) is 18.2 Å². The topological polar surface area (TPSA) is 53.4 Å². The number of carboxylic acid groups (broad SMARTS) is 1. The van der Waals surface area contributed by atoms with Gasteiger partial charge in [-0.25, -0.2) is 4.79 Å². The van der Waals surface area contributed by atoms with E-state index in [2.05, 4.69) is 18.8 Å². The number of hydrogen-bond acceptors (Lipinski definition) is 3. The second-order valence-corrected chi connectivity index (χ2v) is 4.87. The van der Waals surface area contributed by atoms with Gasteiger partial charge in [-0.05, 0) is 32.0 Å². The van der Waals surface area contributed by atoms with E-state index in [1.165, 1.54) is 0 Å². The highest BCUT2D eigenvalue weighted by Gasteiger charge is 2.40. The highest BCUT2D eigenvalue weighted by atomic mass is 16.4. The molecule has 1 heterocycles. The summed E-state index contributed by atoms with van der Waals surface area (Å²) in [7, 11) is 1.82. The maximum absolute atomic E-state index is 11.6. The Kier molecular flexibility index (Phi) is 4.23. The summed E-state index contributed by atoms with van der Waals surface area (Å²) in [6.45, 7) is 6.54. The summed E-state index contributed by atoms with van der Waals surface area (Å²) >= 11 is 0. The monoisotopic (exact) mass is 236 g/mol. The van der Waals surface area contributed by atoms with Crippen LogP contribution >= 0.6 is 0 Å². The molecule has 0 aliphatic heterocycles. The minimum atomic E-state index is -1.08. The van der Waals surface area contributed by atoms with Gasteiger partial charge in [0.2, 0.25) is 0 Å². The molecular formula is C13H20N2O2. The molecule has 0 spiro atoms. The molecule has 4 heteroatoms. The van der Waals surface area contributed by atoms with Gasteiger partial charge in [0.1, 0.15) is 0 Å². The Morgan fingerprint density at radius 2 is 2.18 bits per heavy atom. The van der Waals surface area contributed by atoms with E-state index >= 15 is 0 Å². The minimum Gasteiger partial charge on any atom is -0.480 e. The number of carboxylic acids is 1. The lowest BCUT2D eigenvalue weighted by Gasteiger charge is -2.35. The number of aromatic nitrogens is 1. The highest BCUT2D eigenvalue weighted by molar-refractivity contribution is 5.79. The van der Waals surface area contributed by atoms with Crippen molar-refractivity contribution in [2.45, 2.75) is 26.3 Å². The van der Waals surface area contributed by atoms with Gasteiger partial charge in [0.25, 0.3) is 0 Å². The zero-order chi connectivity index (χ0) is 13.1. The Labute approximate surface area is 102 Å². The molecule has 1 rings (SSSR count). The van der Waals surface area contributed by atoms with Crippen LogP contribution in [-0.2, 0) is 10.3 Å². The van der Waals surface area contributed by atoms with Crippen LogP contribution in [0.3, 0.4) is 0 Å². The second-order valence-electron chi connectivity index (χ2n) is 4.87. The minimum absolute atomic E-state index is 0.405. The molecule has 0 amide bonds. The van der Waals surface area contributed by atoms with Gasteiger partial charge in [-0.15, -0.1) is 0 Å². The number of aliphatic carboxylic acids is 1. The lowest BCUT2D eigenvalue weighted by molar-refractivity contribution is -0.151. The quantitative estimate of drug-likeness (QED) is 0.849. The molecule has 1 unspecified atom stereocenters. The first-order valence-electron chi connectivity index (χ1n) is 5.75. The highest BCUT2D eigenvalue weighted by Crippen LogP contribution is 2.26. The van der Waals surface area contributed by atoms with Crippen molar-refractivity contribution in [1.82, 2.24) is 9.88 Å². The number of rotatable bonds is 5. The Balaban J connectivity index is 3.10. The Hall–Kier alpha value is -1.42. The van der Waals surface area contributed by atoms with Crippen molar-refractivity contribution in [3.05, 3.63) is 30.1 Å². The molecule has 0 bridgehead atoms. The van der Waals surface area contributed by atoms with E-state index in [-0.39, 0.29) is 0 Å². The molecule has 1 aromatic heterocycles. The number of carbonyl (C=O) groups is 1. The first kappa shape index (κ1) is 13.6. The smallest absolute Gasteiger partial charge is 0.330 e. The van der Waals surface area contributed by atoms with Gasteiger partial charge < -0.3 is 5.11 Å². The van der Waals surface area contributed by atoms with Gasteiger partial charge in [0, 0.05) is 12.7 Å². The molecule has 0 fully saturated rings. The molecule has 94 valence electrons. The summed E-state index contributed by atoms with van der Waals surface area (Å²) in [6.07, 6.45) is 1.62. The summed E-state index contributed by atoms with van der Waals surface area (Å²) in [5.41, 5.74) is -0.512. The third-order valence-corrected chi connectivity index (χ3v) is 2.98. The largest absolute Gasteiger partial charge is 0.480 e. The van der Waals surface area contributed by atoms with Crippen molar-refractivity contribution in [2.75, 3.05) is 13.6 Å². The van der Waals surface area contributed by atoms with E-state index in [9.17, 15) is 9.90 Å². The molecule has 0 aliphatic carbocycles. The predicted octanol–water partition coefficient (Wildman–Crippen LogP) is 1.97. The van der Waals surface area contributed by atoms with Crippen LogP contribution in [0.4, 0.5) is 0 Å². The molecule has 1 atom stereocenters. The zero-order valence-corrected chi connectivity index (χ0v) is 10.8. The molecule has 1 aromatic rings. The molecular weight excluding hydrogens is 216 g/mol. The van der Waals surface area contributed by atoms with Crippen LogP contribution in [0.15, 0.2) is 24.4 Å². The van der Waals surface area contributed by atoms with E-state index < -0.39 is 11.5 Å². The lowest BCUT2D eigenvalue weighted by Crippen LogP contribution is -2.49. The fraction of sp³-hybridized carbons (Fsp3) is 0.538. The number of pyridine rings is 1. The second kappa shape index (κ2) is 5.27. The van der Waals surface area contributed by atoms with Crippen LogP contribution in [0.2, 0.25) is 0 Å². The van der Waals surface area contributed by atoms with Crippen LogP contribution in [0, 0.1) is 5.92 Å². The SMILES string of the molecule is CC(C)CN(C)C(C)(C(=O)O)c1ccccn1. The summed E-state index contributed by atoms with van der Waals surface area (Å²) in [6, 6.07) is 5.35. The first-order chi connectivity index (χ1) is 7.89. The van der Waals surface area contributed by atoms with Crippen LogP contribution in [0.5, 0.6) is 0 Å². The Morgan fingerprint density at radius 3 is 2.59 bits per heavy atom. The lowest BCUT2D eigenvalue weighted by atomic mass is 9.94. The van der Waals surface area contributed by atoms with Crippen molar-refractivity contribution in [3.8, 4) is 0 Å². The third kappa shape index (κ3) is 2.82. The summed E-state index contributed by atoms with van der Waals surface area (Å²) in [5, 5.41) is 9.49. The fourth-order valence-electron chi connectivity index (χ4n) is 1.85. The average Bonchev–Trinajstić information content (AvgIpc) is 2.27. The summed E-state index contributed by atoms with van der Waals surface area (Å²) < 4.78 is 0. The molecule has 0 saturated carbocycles. The first-order valence-corrected chi connectivity index (χ1v) is 5.75. The van der Waals surface area contributed by atoms with Crippen LogP contribution in [0.1, 0.15) is 26.5 Å². The Bertz CT molecular complexity index is 378. The standard InChI is InChI=1S/C13H20N2O2/c1-10(2)9-15(4)13(3,12(16)17)11-7-5-6-8-14-11/h5-8,10H,9H2,1-4H3,(H,16,17). The third-order valence-electron chi connectivity index (χ3n) is 2.98. The zero-order valence-electron chi connectivity index (χ0n) is 10.8. The van der Waals surface area contributed by atoms with E-state index in [1.807, 2.05) is 18.0 Å². The van der Waals surface area contributed by atoms with E-state index in [1.54, 1.807) is 25.3 Å². The summed E-state index contributed by atoms with van der Waals surface area (Å²) in [4.78, 5) is 17.6. The van der Waals surface area contributed by atoms with Crippen molar-refractivity contribution < 1.29 is 9.90 Å². The maximum Gasteiger partial charge on any atom is 0.330 e. The molecule has 0 radical (unpaired) electrons. The van der Waals surface area contributed by atoms with Crippen molar-refractivity contribution in [2.24, 2.45) is 5.92 Å². The van der Waals surface area contributed by atoms with Gasteiger partial charge in [0.15, 0.2) is 5.54 Å². The van der Waals surface area contributed by atoms with Crippen molar-refractivity contribution in [3.63, 3.8) is 0 Å². The molecule has 0 aliphatic rings. The molecule has 1 N–H and O–H groups in total. The molecule has 17 heavy (non-hydrogen) atoms. The average molecular weight is 236 g/mol. The number of hydrogen-bond donors (Lipinski definition) is 1.